The highest BCUT2D eigenvalue weighted by molar-refractivity contribution is 9.10. The Morgan fingerprint density at radius 2 is 2.07 bits per heavy atom. The first-order chi connectivity index (χ1) is 14.2. The predicted molar refractivity (Wildman–Crippen MR) is 119 cm³/mol. The Morgan fingerprint density at radius 1 is 1.17 bits per heavy atom. The van der Waals surface area contributed by atoms with Crippen LogP contribution in [0.5, 0.6) is 0 Å². The summed E-state index contributed by atoms with van der Waals surface area (Å²) < 4.78 is 7.39. The van der Waals surface area contributed by atoms with Gasteiger partial charge in [-0.25, -0.2) is 4.98 Å². The zero-order chi connectivity index (χ0) is 19.8. The normalized spacial score (nSPS) is 11.3. The molecule has 2 aromatic carbocycles. The van der Waals surface area contributed by atoms with Gasteiger partial charge in [-0.2, -0.15) is 0 Å². The van der Waals surface area contributed by atoms with E-state index in [4.69, 9.17) is 4.42 Å². The topological polar surface area (TPSA) is 96.7 Å². The quantitative estimate of drug-likeness (QED) is 0.325. The number of fused-ring (bicyclic) bond motifs is 3. The molecule has 5 aromatic rings. The molecule has 3 heterocycles. The highest BCUT2D eigenvalue weighted by atomic mass is 79.9. The van der Waals surface area contributed by atoms with E-state index in [2.05, 4.69) is 41.4 Å². The van der Waals surface area contributed by atoms with Gasteiger partial charge in [0.05, 0.1) is 5.75 Å². The number of rotatable bonds is 5. The average molecular weight is 486 g/mol. The van der Waals surface area contributed by atoms with Crippen LogP contribution >= 0.6 is 39.0 Å². The van der Waals surface area contributed by atoms with Gasteiger partial charge in [-0.15, -0.1) is 10.2 Å². The van der Waals surface area contributed by atoms with E-state index in [9.17, 15) is 4.79 Å². The van der Waals surface area contributed by atoms with Gasteiger partial charge in [-0.1, -0.05) is 57.2 Å². The minimum atomic E-state index is -0.281. The summed E-state index contributed by atoms with van der Waals surface area (Å²) in [6.45, 7) is 0. The summed E-state index contributed by atoms with van der Waals surface area (Å²) in [6, 6.07) is 15.3. The van der Waals surface area contributed by atoms with E-state index in [0.29, 0.717) is 27.8 Å². The van der Waals surface area contributed by atoms with E-state index >= 15 is 0 Å². The van der Waals surface area contributed by atoms with E-state index in [-0.39, 0.29) is 11.1 Å². The Morgan fingerprint density at radius 3 is 2.97 bits per heavy atom. The molecule has 0 bridgehead atoms. The lowest BCUT2D eigenvalue weighted by molar-refractivity contribution is 0.660. The van der Waals surface area contributed by atoms with E-state index in [0.717, 1.165) is 19.9 Å². The second kappa shape index (κ2) is 7.62. The van der Waals surface area contributed by atoms with Crippen LogP contribution in [0.15, 0.2) is 66.6 Å². The van der Waals surface area contributed by atoms with Gasteiger partial charge in [0.1, 0.15) is 16.9 Å². The van der Waals surface area contributed by atoms with Crippen LogP contribution in [0.1, 0.15) is 5.82 Å². The van der Waals surface area contributed by atoms with Crippen molar-refractivity contribution in [3.8, 4) is 0 Å². The number of halogens is 1. The summed E-state index contributed by atoms with van der Waals surface area (Å²) in [5.74, 6) is 1.03. The molecule has 0 spiro atoms. The summed E-state index contributed by atoms with van der Waals surface area (Å²) in [5.41, 5.74) is 2.12. The molecule has 0 unspecified atom stereocenters. The van der Waals surface area contributed by atoms with Crippen LogP contribution in [0, 0.1) is 0 Å². The number of H-pyrrole nitrogens is 1. The van der Waals surface area contributed by atoms with Crippen LogP contribution in [0.25, 0.3) is 22.1 Å². The van der Waals surface area contributed by atoms with Crippen molar-refractivity contribution < 1.29 is 4.42 Å². The average Bonchev–Trinajstić information content (AvgIpc) is 3.31. The second-order valence-corrected chi connectivity index (χ2v) is 9.20. The number of nitrogens with one attached hydrogen (secondary N) is 2. The fourth-order valence-corrected chi connectivity index (χ4v) is 4.90. The van der Waals surface area contributed by atoms with Crippen LogP contribution in [0.2, 0.25) is 0 Å². The molecule has 0 aliphatic rings. The number of furan rings is 1. The summed E-state index contributed by atoms with van der Waals surface area (Å²) in [5, 5.41) is 13.1. The molecule has 144 valence electrons. The minimum Gasteiger partial charge on any atom is -0.449 e. The maximum atomic E-state index is 12.4. The van der Waals surface area contributed by atoms with Crippen molar-refractivity contribution in [2.24, 2.45) is 0 Å². The van der Waals surface area contributed by atoms with Gasteiger partial charge in [0.15, 0.2) is 4.34 Å². The van der Waals surface area contributed by atoms with Crippen LogP contribution in [-0.4, -0.2) is 20.2 Å². The molecule has 0 fully saturated rings. The van der Waals surface area contributed by atoms with Crippen LogP contribution in [0.4, 0.5) is 10.8 Å². The first-order valence-electron chi connectivity index (χ1n) is 8.55. The molecule has 0 amide bonds. The number of nitrogens with zero attached hydrogens (tertiary/aromatic N) is 3. The Balaban J connectivity index is 1.35. The van der Waals surface area contributed by atoms with Crippen molar-refractivity contribution in [3.63, 3.8) is 0 Å². The zero-order valence-corrected chi connectivity index (χ0v) is 17.9. The van der Waals surface area contributed by atoms with Gasteiger partial charge in [0, 0.05) is 15.5 Å². The number of aromatic nitrogens is 4. The number of para-hydroxylation sites is 1. The van der Waals surface area contributed by atoms with Gasteiger partial charge >= 0.3 is 0 Å². The van der Waals surface area contributed by atoms with Gasteiger partial charge in [0.2, 0.25) is 10.7 Å². The smallest absolute Gasteiger partial charge is 0.294 e. The number of hydrogen-bond donors (Lipinski definition) is 2. The number of anilines is 2. The van der Waals surface area contributed by atoms with E-state index < -0.39 is 0 Å². The Labute approximate surface area is 180 Å². The molecule has 5 rings (SSSR count). The number of aromatic amines is 1. The van der Waals surface area contributed by atoms with Gasteiger partial charge in [-0.05, 0) is 30.3 Å². The lowest BCUT2D eigenvalue weighted by atomic mass is 10.2. The van der Waals surface area contributed by atoms with Crippen molar-refractivity contribution in [2.45, 2.75) is 10.1 Å². The summed E-state index contributed by atoms with van der Waals surface area (Å²) in [4.78, 5) is 19.8. The molecule has 0 radical (unpaired) electrons. The highest BCUT2D eigenvalue weighted by Gasteiger charge is 2.14. The molecule has 7 nitrogen and oxygen atoms in total. The fraction of sp³-hybridized carbons (Fsp3) is 0.0526. The molecule has 0 saturated carbocycles. The Kier molecular flexibility index (Phi) is 4.82. The van der Waals surface area contributed by atoms with E-state index in [1.165, 1.54) is 23.1 Å². The maximum Gasteiger partial charge on any atom is 0.294 e. The lowest BCUT2D eigenvalue weighted by Crippen LogP contribution is -2.10. The van der Waals surface area contributed by atoms with Crippen molar-refractivity contribution >= 4 is 71.9 Å². The molecule has 0 saturated heterocycles. The first kappa shape index (κ1) is 18.3. The largest absolute Gasteiger partial charge is 0.449 e. The van der Waals surface area contributed by atoms with Crippen LogP contribution in [-0.2, 0) is 5.75 Å². The number of thioether (sulfide) groups is 1. The molecule has 2 N–H and O–H groups in total. The Bertz CT molecular complexity index is 1390. The van der Waals surface area contributed by atoms with Gasteiger partial charge in [0.25, 0.3) is 5.56 Å². The lowest BCUT2D eigenvalue weighted by Gasteiger charge is -2.01. The van der Waals surface area contributed by atoms with Crippen molar-refractivity contribution in [3.05, 3.63) is 69.2 Å². The fourth-order valence-electron chi connectivity index (χ4n) is 2.85. The summed E-state index contributed by atoms with van der Waals surface area (Å²) in [7, 11) is 0. The van der Waals surface area contributed by atoms with Crippen molar-refractivity contribution in [2.75, 3.05) is 5.32 Å². The molecule has 0 atom stereocenters. The standard InChI is InChI=1S/C19H12BrN5O2S2/c20-10-4-3-5-11(8-10)21-18-24-25-19(29-18)28-9-14-22-15-12-6-1-2-7-13(12)27-16(15)17(26)23-14/h1-8H,9H2,(H,21,24)(H,22,23,26). The van der Waals surface area contributed by atoms with E-state index in [1.54, 1.807) is 0 Å². The van der Waals surface area contributed by atoms with Crippen LogP contribution in [0.3, 0.4) is 0 Å². The Hall–Kier alpha value is -2.69. The van der Waals surface area contributed by atoms with Gasteiger partial charge in [-0.3, -0.25) is 4.79 Å². The molecular weight excluding hydrogens is 474 g/mol. The number of benzene rings is 2. The molecule has 10 heteroatoms. The first-order valence-corrected chi connectivity index (χ1v) is 11.1. The molecular formula is C19H12BrN5O2S2. The summed E-state index contributed by atoms with van der Waals surface area (Å²) in [6.07, 6.45) is 0. The second-order valence-electron chi connectivity index (χ2n) is 6.09. The minimum absolute atomic E-state index is 0.247. The highest BCUT2D eigenvalue weighted by Crippen LogP contribution is 2.30. The maximum absolute atomic E-state index is 12.4. The molecule has 3 aromatic heterocycles. The third-order valence-corrected chi connectivity index (χ3v) is 6.57. The third kappa shape index (κ3) is 3.78. The van der Waals surface area contributed by atoms with Gasteiger partial charge < -0.3 is 14.7 Å². The van der Waals surface area contributed by atoms with E-state index in [1.807, 2.05) is 48.5 Å². The van der Waals surface area contributed by atoms with Crippen molar-refractivity contribution in [1.82, 2.24) is 20.2 Å². The van der Waals surface area contributed by atoms with Crippen LogP contribution < -0.4 is 10.9 Å². The molecule has 0 aliphatic carbocycles. The SMILES string of the molecule is O=c1[nH]c(CSc2nnc(Nc3cccc(Br)c3)s2)nc2c1oc1ccccc12. The molecule has 29 heavy (non-hydrogen) atoms. The van der Waals surface area contributed by atoms with Crippen molar-refractivity contribution in [1.29, 1.82) is 0 Å². The third-order valence-electron chi connectivity index (χ3n) is 4.09. The zero-order valence-electron chi connectivity index (χ0n) is 14.7. The predicted octanol–water partition coefficient (Wildman–Crippen LogP) is 5.32. The summed E-state index contributed by atoms with van der Waals surface area (Å²) >= 11 is 6.35. The monoisotopic (exact) mass is 485 g/mol. The number of hydrogen-bond acceptors (Lipinski definition) is 8. The molecule has 0 aliphatic heterocycles.